The minimum absolute atomic E-state index is 0.860. The Hall–Kier alpha value is -3.35. The van der Waals surface area contributed by atoms with Gasteiger partial charge in [-0.15, -0.1) is 0 Å². The third-order valence-electron chi connectivity index (χ3n) is 5.11. The molecule has 0 aliphatic carbocycles. The van der Waals surface area contributed by atoms with Crippen LogP contribution in [0.15, 0.2) is 131 Å². The first-order chi connectivity index (χ1) is 14.4. The van der Waals surface area contributed by atoms with Crippen molar-refractivity contribution in [2.45, 2.75) is 0 Å². The van der Waals surface area contributed by atoms with E-state index in [4.69, 9.17) is 9.16 Å². The van der Waals surface area contributed by atoms with Gasteiger partial charge in [0.25, 0.3) is 0 Å². The van der Waals surface area contributed by atoms with Crippen molar-refractivity contribution in [3.63, 3.8) is 0 Å². The molecule has 0 fully saturated rings. The molecule has 1 aromatic heterocycles. The first-order valence-electron chi connectivity index (χ1n) is 9.63. The van der Waals surface area contributed by atoms with Gasteiger partial charge in [-0.3, -0.25) is 0 Å². The highest BCUT2D eigenvalue weighted by molar-refractivity contribution is 7.87. The zero-order chi connectivity index (χ0) is 19.5. The third kappa shape index (κ3) is 3.12. The zero-order valence-electron chi connectivity index (χ0n) is 15.8. The van der Waals surface area contributed by atoms with E-state index in [-0.39, 0.29) is 0 Å². The highest BCUT2D eigenvalue weighted by Crippen LogP contribution is 2.50. The van der Waals surface area contributed by atoms with Crippen LogP contribution in [0.1, 0.15) is 0 Å². The van der Waals surface area contributed by atoms with Crippen LogP contribution in [-0.2, 0) is 0 Å². The average Bonchev–Trinajstić information content (AvgIpc) is 3.22. The Labute approximate surface area is 170 Å². The quantitative estimate of drug-likeness (QED) is 0.332. The Morgan fingerprint density at radius 3 is 1.48 bits per heavy atom. The summed E-state index contributed by atoms with van der Waals surface area (Å²) < 4.78 is 11.3. The SMILES string of the molecule is c1ccc(P(=Nc2coc3ccccc23)(c2ccccc2)c2ccccc2)cc1. The predicted octanol–water partition coefficient (Wildman–Crippen LogP) is 6.24. The number of hydrogen-bond donors (Lipinski definition) is 0. The highest BCUT2D eigenvalue weighted by atomic mass is 31.2. The van der Waals surface area contributed by atoms with Gasteiger partial charge in [0.2, 0.25) is 0 Å². The Kier molecular flexibility index (Phi) is 4.63. The zero-order valence-corrected chi connectivity index (χ0v) is 16.7. The Bertz CT molecular complexity index is 1190. The maximum Gasteiger partial charge on any atom is 0.136 e. The van der Waals surface area contributed by atoms with Gasteiger partial charge in [-0.25, -0.2) is 4.74 Å². The lowest BCUT2D eigenvalue weighted by Crippen LogP contribution is -2.25. The van der Waals surface area contributed by atoms with Crippen molar-refractivity contribution in [1.29, 1.82) is 0 Å². The summed E-state index contributed by atoms with van der Waals surface area (Å²) in [6, 6.07) is 40.0. The maximum absolute atomic E-state index is 5.83. The monoisotopic (exact) mass is 393 g/mol. The fraction of sp³-hybridized carbons (Fsp3) is 0. The highest BCUT2D eigenvalue weighted by Gasteiger charge is 2.27. The molecular formula is C26H20NOP. The number of rotatable bonds is 4. The number of furan rings is 1. The molecule has 0 aliphatic heterocycles. The van der Waals surface area contributed by atoms with E-state index in [1.165, 1.54) is 15.9 Å². The van der Waals surface area contributed by atoms with Crippen molar-refractivity contribution in [2.75, 3.05) is 0 Å². The van der Waals surface area contributed by atoms with Crippen molar-refractivity contribution in [2.24, 2.45) is 4.74 Å². The minimum atomic E-state index is -2.28. The van der Waals surface area contributed by atoms with Gasteiger partial charge in [0.15, 0.2) is 0 Å². The summed E-state index contributed by atoms with van der Waals surface area (Å²) in [6.07, 6.45) is 1.79. The fourth-order valence-electron chi connectivity index (χ4n) is 3.75. The maximum atomic E-state index is 5.83. The molecule has 5 rings (SSSR count). The van der Waals surface area contributed by atoms with Crippen molar-refractivity contribution in [3.8, 4) is 0 Å². The molecule has 5 aromatic rings. The second kappa shape index (κ2) is 7.58. The van der Waals surface area contributed by atoms with Crippen LogP contribution < -0.4 is 15.9 Å². The third-order valence-corrected chi connectivity index (χ3v) is 8.76. The van der Waals surface area contributed by atoms with E-state index < -0.39 is 7.05 Å². The molecule has 4 aromatic carbocycles. The van der Waals surface area contributed by atoms with Crippen molar-refractivity contribution in [1.82, 2.24) is 0 Å². The molecule has 1 heterocycles. The summed E-state index contributed by atoms with van der Waals surface area (Å²) in [5.41, 5.74) is 1.75. The van der Waals surface area contributed by atoms with E-state index >= 15 is 0 Å². The molecule has 3 heteroatoms. The lowest BCUT2D eigenvalue weighted by Gasteiger charge is -2.26. The smallest absolute Gasteiger partial charge is 0.136 e. The van der Waals surface area contributed by atoms with Gasteiger partial charge in [0.1, 0.15) is 17.5 Å². The van der Waals surface area contributed by atoms with Crippen LogP contribution in [0.3, 0.4) is 0 Å². The molecule has 140 valence electrons. The number of hydrogen-bond acceptors (Lipinski definition) is 2. The largest absolute Gasteiger partial charge is 0.462 e. The second-order valence-corrected chi connectivity index (χ2v) is 9.88. The Balaban J connectivity index is 1.93. The standard InChI is InChI=1S/C26H20NOP/c1-4-12-21(13-5-1)29(22-14-6-2-7-15-22,23-16-8-3-9-17-23)27-25-20-28-26-19-11-10-18-24(25)26/h1-20H. The van der Waals surface area contributed by atoms with Crippen LogP contribution >= 0.6 is 7.05 Å². The predicted molar refractivity (Wildman–Crippen MR) is 123 cm³/mol. The lowest BCUT2D eigenvalue weighted by atomic mass is 10.2. The van der Waals surface area contributed by atoms with Crippen molar-refractivity contribution < 1.29 is 4.42 Å². The molecule has 0 radical (unpaired) electrons. The van der Waals surface area contributed by atoms with Crippen LogP contribution in [0, 0.1) is 0 Å². The first kappa shape index (κ1) is 17.7. The summed E-state index contributed by atoms with van der Waals surface area (Å²) in [6.45, 7) is 0. The van der Waals surface area contributed by atoms with Gasteiger partial charge in [-0.2, -0.15) is 0 Å². The molecule has 0 aliphatic rings. The van der Waals surface area contributed by atoms with E-state index in [9.17, 15) is 0 Å². The molecule has 0 spiro atoms. The summed E-state index contributed by atoms with van der Waals surface area (Å²) >= 11 is 0. The van der Waals surface area contributed by atoms with E-state index in [0.29, 0.717) is 0 Å². The molecule has 0 amide bonds. The van der Waals surface area contributed by atoms with Gasteiger partial charge in [-0.05, 0) is 12.1 Å². The minimum Gasteiger partial charge on any atom is -0.462 e. The first-order valence-corrected chi connectivity index (χ1v) is 11.4. The van der Waals surface area contributed by atoms with Gasteiger partial charge < -0.3 is 4.42 Å². The van der Waals surface area contributed by atoms with Crippen molar-refractivity contribution >= 4 is 39.6 Å². The molecule has 2 nitrogen and oxygen atoms in total. The van der Waals surface area contributed by atoms with Crippen LogP contribution in [0.2, 0.25) is 0 Å². The molecule has 0 unspecified atom stereocenters. The number of fused-ring (bicyclic) bond motifs is 1. The van der Waals surface area contributed by atoms with E-state index in [1.807, 2.05) is 18.2 Å². The van der Waals surface area contributed by atoms with Crippen molar-refractivity contribution in [3.05, 3.63) is 122 Å². The molecule has 0 saturated carbocycles. The molecule has 0 saturated heterocycles. The lowest BCUT2D eigenvalue weighted by molar-refractivity contribution is 0.616. The van der Waals surface area contributed by atoms with Crippen LogP contribution in [0.25, 0.3) is 11.0 Å². The van der Waals surface area contributed by atoms with E-state index in [0.717, 1.165) is 16.7 Å². The summed E-state index contributed by atoms with van der Waals surface area (Å²) in [4.78, 5) is 0. The van der Waals surface area contributed by atoms with Crippen LogP contribution in [0.5, 0.6) is 0 Å². The fourth-order valence-corrected chi connectivity index (χ4v) is 7.28. The van der Waals surface area contributed by atoms with Gasteiger partial charge >= 0.3 is 0 Å². The van der Waals surface area contributed by atoms with Gasteiger partial charge in [-0.1, -0.05) is 103 Å². The number of para-hydroxylation sites is 1. The molecular weight excluding hydrogens is 373 g/mol. The number of nitrogens with zero attached hydrogens (tertiary/aromatic N) is 1. The molecule has 0 bridgehead atoms. The van der Waals surface area contributed by atoms with E-state index in [2.05, 4.69) is 97.1 Å². The topological polar surface area (TPSA) is 25.5 Å². The van der Waals surface area contributed by atoms with Crippen LogP contribution in [0.4, 0.5) is 5.69 Å². The summed E-state index contributed by atoms with van der Waals surface area (Å²) in [7, 11) is -2.28. The molecule has 29 heavy (non-hydrogen) atoms. The second-order valence-electron chi connectivity index (χ2n) is 6.86. The van der Waals surface area contributed by atoms with E-state index in [1.54, 1.807) is 6.26 Å². The average molecular weight is 393 g/mol. The molecule has 0 atom stereocenters. The summed E-state index contributed by atoms with van der Waals surface area (Å²) in [5.74, 6) is 0. The van der Waals surface area contributed by atoms with Crippen LogP contribution in [-0.4, -0.2) is 0 Å². The normalized spacial score (nSPS) is 11.4. The Morgan fingerprint density at radius 1 is 0.517 bits per heavy atom. The summed E-state index contributed by atoms with van der Waals surface area (Å²) in [5, 5.41) is 4.72. The molecule has 0 N–H and O–H groups in total. The van der Waals surface area contributed by atoms with Gasteiger partial charge in [0.05, 0.1) is 7.05 Å². The van der Waals surface area contributed by atoms with Gasteiger partial charge in [0, 0.05) is 21.3 Å². The Morgan fingerprint density at radius 2 is 0.966 bits per heavy atom. The number of benzene rings is 4.